The van der Waals surface area contributed by atoms with Gasteiger partial charge in [0.25, 0.3) is 0 Å². The number of fused-ring (bicyclic) bond motifs is 1. The number of rotatable bonds is 5. The second kappa shape index (κ2) is 7.45. The molecule has 1 atom stereocenters. The van der Waals surface area contributed by atoms with E-state index in [0.29, 0.717) is 5.95 Å². The minimum Gasteiger partial charge on any atom is -0.376 e. The molecule has 26 heavy (non-hydrogen) atoms. The molecule has 3 N–H and O–H groups in total. The Labute approximate surface area is 152 Å². The molecule has 0 spiro atoms. The number of nitrogens with zero attached hydrogens (tertiary/aromatic N) is 3. The molecular formula is C19H25N5O2. The Hall–Kier alpha value is -2.41. The summed E-state index contributed by atoms with van der Waals surface area (Å²) in [6.07, 6.45) is 3.97. The molecule has 2 fully saturated rings. The van der Waals surface area contributed by atoms with Gasteiger partial charge in [-0.25, -0.2) is 4.98 Å². The summed E-state index contributed by atoms with van der Waals surface area (Å²) >= 11 is 0. The van der Waals surface area contributed by atoms with Crippen LogP contribution in [0.4, 0.5) is 11.8 Å². The number of ether oxygens (including phenoxy) is 1. The number of piperidine rings is 1. The molecule has 0 aliphatic carbocycles. The average molecular weight is 355 g/mol. The molecule has 0 bridgehead atoms. The second-order valence-corrected chi connectivity index (χ2v) is 7.07. The molecule has 2 aromatic rings. The van der Waals surface area contributed by atoms with E-state index in [0.717, 1.165) is 68.6 Å². The van der Waals surface area contributed by atoms with Crippen molar-refractivity contribution in [3.63, 3.8) is 0 Å². The standard InChI is InChI=1S/C19H25N5O2/c20-17(25)13-7-9-24(10-8-13)19-22-16-6-2-1-5-15(16)18(23-19)21-12-14-4-3-11-26-14/h1-2,5-6,13-14H,3-4,7-12H2,(H2,20,25)(H,21,22,23)/t14-/m0/s1. The normalized spacial score (nSPS) is 21.2. The van der Waals surface area contributed by atoms with Crippen LogP contribution in [0.3, 0.4) is 0 Å². The predicted molar refractivity (Wildman–Crippen MR) is 101 cm³/mol. The van der Waals surface area contributed by atoms with Crippen LogP contribution in [0.5, 0.6) is 0 Å². The molecule has 138 valence electrons. The number of hydrogen-bond donors (Lipinski definition) is 2. The van der Waals surface area contributed by atoms with Gasteiger partial charge in [-0.3, -0.25) is 4.79 Å². The smallest absolute Gasteiger partial charge is 0.227 e. The van der Waals surface area contributed by atoms with Crippen LogP contribution in [0.2, 0.25) is 0 Å². The van der Waals surface area contributed by atoms with Crippen molar-refractivity contribution in [2.45, 2.75) is 31.8 Å². The maximum absolute atomic E-state index is 11.4. The molecule has 0 saturated carbocycles. The van der Waals surface area contributed by atoms with Crippen molar-refractivity contribution in [1.82, 2.24) is 9.97 Å². The van der Waals surface area contributed by atoms with Crippen LogP contribution in [-0.4, -0.2) is 48.2 Å². The first-order valence-corrected chi connectivity index (χ1v) is 9.37. The molecule has 1 aromatic carbocycles. The van der Waals surface area contributed by atoms with Crippen LogP contribution in [0, 0.1) is 5.92 Å². The molecule has 1 amide bonds. The lowest BCUT2D eigenvalue weighted by atomic mass is 9.96. The highest BCUT2D eigenvalue weighted by Gasteiger charge is 2.25. The summed E-state index contributed by atoms with van der Waals surface area (Å²) in [5, 5.41) is 4.47. The van der Waals surface area contributed by atoms with E-state index in [4.69, 9.17) is 20.4 Å². The van der Waals surface area contributed by atoms with Gasteiger partial charge in [0, 0.05) is 37.5 Å². The van der Waals surface area contributed by atoms with Crippen molar-refractivity contribution in [3.05, 3.63) is 24.3 Å². The number of benzene rings is 1. The zero-order valence-corrected chi connectivity index (χ0v) is 14.9. The van der Waals surface area contributed by atoms with Crippen molar-refractivity contribution in [1.29, 1.82) is 0 Å². The molecule has 2 saturated heterocycles. The SMILES string of the molecule is NC(=O)C1CCN(c2nc(NC[C@@H]3CCCO3)c3ccccc3n2)CC1. The van der Waals surface area contributed by atoms with Crippen LogP contribution in [0.1, 0.15) is 25.7 Å². The fraction of sp³-hybridized carbons (Fsp3) is 0.526. The van der Waals surface area contributed by atoms with Crippen LogP contribution in [-0.2, 0) is 9.53 Å². The summed E-state index contributed by atoms with van der Waals surface area (Å²) in [4.78, 5) is 23.1. The quantitative estimate of drug-likeness (QED) is 0.851. The Kier molecular flexibility index (Phi) is 4.88. The molecule has 2 aliphatic rings. The fourth-order valence-corrected chi connectivity index (χ4v) is 3.72. The lowest BCUT2D eigenvalue weighted by molar-refractivity contribution is -0.122. The minimum atomic E-state index is -0.206. The number of anilines is 2. The summed E-state index contributed by atoms with van der Waals surface area (Å²) < 4.78 is 5.71. The Balaban J connectivity index is 1.56. The molecule has 7 nitrogen and oxygen atoms in total. The molecule has 0 radical (unpaired) electrons. The van der Waals surface area contributed by atoms with Crippen LogP contribution < -0.4 is 16.0 Å². The summed E-state index contributed by atoms with van der Waals surface area (Å²) in [6, 6.07) is 8.04. The topological polar surface area (TPSA) is 93.4 Å². The van der Waals surface area contributed by atoms with Gasteiger partial charge < -0.3 is 20.7 Å². The number of nitrogens with one attached hydrogen (secondary N) is 1. The number of aromatic nitrogens is 2. The monoisotopic (exact) mass is 355 g/mol. The highest BCUT2D eigenvalue weighted by Crippen LogP contribution is 2.27. The van der Waals surface area contributed by atoms with E-state index in [-0.39, 0.29) is 17.9 Å². The molecule has 1 aromatic heterocycles. The van der Waals surface area contributed by atoms with Crippen molar-refractivity contribution in [2.24, 2.45) is 11.7 Å². The third kappa shape index (κ3) is 3.58. The summed E-state index contributed by atoms with van der Waals surface area (Å²) in [5.74, 6) is 1.31. The van der Waals surface area contributed by atoms with Gasteiger partial charge in [-0.1, -0.05) is 12.1 Å². The van der Waals surface area contributed by atoms with E-state index in [9.17, 15) is 4.79 Å². The van der Waals surface area contributed by atoms with Crippen LogP contribution in [0.25, 0.3) is 10.9 Å². The molecular weight excluding hydrogens is 330 g/mol. The molecule has 0 unspecified atom stereocenters. The maximum Gasteiger partial charge on any atom is 0.227 e. The van der Waals surface area contributed by atoms with Crippen molar-refractivity contribution in [3.8, 4) is 0 Å². The van der Waals surface area contributed by atoms with Crippen LogP contribution >= 0.6 is 0 Å². The zero-order chi connectivity index (χ0) is 17.9. The van der Waals surface area contributed by atoms with Gasteiger partial charge in [0.05, 0.1) is 11.6 Å². The van der Waals surface area contributed by atoms with E-state index in [2.05, 4.69) is 10.2 Å². The first kappa shape index (κ1) is 17.0. The number of primary amides is 1. The minimum absolute atomic E-state index is 0.0381. The number of carbonyl (C=O) groups excluding carboxylic acids is 1. The Morgan fingerprint density at radius 2 is 2.04 bits per heavy atom. The lowest BCUT2D eigenvalue weighted by Crippen LogP contribution is -2.39. The largest absolute Gasteiger partial charge is 0.376 e. The number of carbonyl (C=O) groups is 1. The van der Waals surface area contributed by atoms with Crippen molar-refractivity contribution >= 4 is 28.6 Å². The number of nitrogens with two attached hydrogens (primary N) is 1. The van der Waals surface area contributed by atoms with Gasteiger partial charge in [0.2, 0.25) is 11.9 Å². The van der Waals surface area contributed by atoms with E-state index in [1.165, 1.54) is 0 Å². The van der Waals surface area contributed by atoms with Crippen LogP contribution in [0.15, 0.2) is 24.3 Å². The first-order chi connectivity index (χ1) is 12.7. The lowest BCUT2D eigenvalue weighted by Gasteiger charge is -2.31. The van der Waals surface area contributed by atoms with Crippen molar-refractivity contribution in [2.75, 3.05) is 36.5 Å². The van der Waals surface area contributed by atoms with Gasteiger partial charge in [0.1, 0.15) is 5.82 Å². The Morgan fingerprint density at radius 1 is 1.23 bits per heavy atom. The predicted octanol–water partition coefficient (Wildman–Crippen LogP) is 1.92. The van der Waals surface area contributed by atoms with Gasteiger partial charge in [0.15, 0.2) is 0 Å². The molecule has 7 heteroatoms. The van der Waals surface area contributed by atoms with Gasteiger partial charge in [-0.05, 0) is 37.8 Å². The Bertz CT molecular complexity index is 783. The maximum atomic E-state index is 11.4. The Morgan fingerprint density at radius 3 is 2.77 bits per heavy atom. The van der Waals surface area contributed by atoms with E-state index in [1.54, 1.807) is 0 Å². The third-order valence-electron chi connectivity index (χ3n) is 5.29. The summed E-state index contributed by atoms with van der Waals surface area (Å²) in [5.41, 5.74) is 6.36. The van der Waals surface area contributed by atoms with E-state index in [1.807, 2.05) is 24.3 Å². The molecule has 3 heterocycles. The molecule has 4 rings (SSSR count). The number of para-hydroxylation sites is 1. The number of hydrogen-bond acceptors (Lipinski definition) is 6. The fourth-order valence-electron chi connectivity index (χ4n) is 3.72. The van der Waals surface area contributed by atoms with Gasteiger partial charge >= 0.3 is 0 Å². The van der Waals surface area contributed by atoms with Gasteiger partial charge in [-0.15, -0.1) is 0 Å². The number of amides is 1. The van der Waals surface area contributed by atoms with E-state index < -0.39 is 0 Å². The first-order valence-electron chi connectivity index (χ1n) is 9.37. The third-order valence-corrected chi connectivity index (χ3v) is 5.29. The average Bonchev–Trinajstić information content (AvgIpc) is 3.19. The summed E-state index contributed by atoms with van der Waals surface area (Å²) in [6.45, 7) is 3.09. The highest BCUT2D eigenvalue weighted by molar-refractivity contribution is 5.90. The van der Waals surface area contributed by atoms with Crippen molar-refractivity contribution < 1.29 is 9.53 Å². The molecule has 2 aliphatic heterocycles. The second-order valence-electron chi connectivity index (χ2n) is 7.07. The highest BCUT2D eigenvalue weighted by atomic mass is 16.5. The van der Waals surface area contributed by atoms with Gasteiger partial charge in [-0.2, -0.15) is 4.98 Å². The zero-order valence-electron chi connectivity index (χ0n) is 14.9. The summed E-state index contributed by atoms with van der Waals surface area (Å²) in [7, 11) is 0. The van der Waals surface area contributed by atoms with E-state index >= 15 is 0 Å².